The molecule has 0 radical (unpaired) electrons. The molecular weight excluding hydrogens is 324 g/mol. The average molecular weight is 343 g/mol. The van der Waals surface area contributed by atoms with Gasteiger partial charge in [-0.05, 0) is 44.5 Å². The topological polar surface area (TPSA) is 66.8 Å². The molecule has 0 aliphatic rings. The molecule has 2 heterocycles. The van der Waals surface area contributed by atoms with Crippen LogP contribution in [0.2, 0.25) is 5.02 Å². The molecule has 7 heteroatoms. The number of nitrogens with one attached hydrogen (secondary N) is 1. The maximum Gasteiger partial charge on any atom is 0.229 e. The number of rotatable bonds is 5. The molecule has 0 fully saturated rings. The summed E-state index contributed by atoms with van der Waals surface area (Å²) < 4.78 is 0. The number of fused-ring (bicyclic) bond motifs is 1. The monoisotopic (exact) mass is 342 g/mol. The van der Waals surface area contributed by atoms with Crippen LogP contribution in [0.5, 0.6) is 0 Å². The van der Waals surface area contributed by atoms with E-state index in [4.69, 9.17) is 11.6 Å². The van der Waals surface area contributed by atoms with Crippen LogP contribution < -0.4 is 10.2 Å². The molecule has 0 saturated carbocycles. The summed E-state index contributed by atoms with van der Waals surface area (Å²) in [6.45, 7) is 7.78. The fraction of sp³-hybridized carbons (Fsp3) is 0.294. The first-order valence-corrected chi connectivity index (χ1v) is 8.27. The van der Waals surface area contributed by atoms with Crippen LogP contribution in [0.1, 0.15) is 19.4 Å². The first-order valence-electron chi connectivity index (χ1n) is 7.89. The Morgan fingerprint density at radius 1 is 1.08 bits per heavy atom. The lowest BCUT2D eigenvalue weighted by Gasteiger charge is -2.20. The highest BCUT2D eigenvalue weighted by molar-refractivity contribution is 6.30. The maximum atomic E-state index is 6.04. The van der Waals surface area contributed by atoms with Crippen molar-refractivity contribution in [2.45, 2.75) is 20.8 Å². The minimum atomic E-state index is 0.573. The van der Waals surface area contributed by atoms with Crippen molar-refractivity contribution in [3.63, 3.8) is 0 Å². The van der Waals surface area contributed by atoms with Gasteiger partial charge in [-0.2, -0.15) is 9.97 Å². The largest absolute Gasteiger partial charge is 0.341 e. The number of aromatic nitrogens is 4. The highest BCUT2D eigenvalue weighted by Gasteiger charge is 2.14. The Kier molecular flexibility index (Phi) is 4.76. The SMILES string of the molecule is CCN(CC)c1nc(Nc2ccc(Cl)cc2C)c2nccnc2n1. The number of nitrogens with zero attached hydrogens (tertiary/aromatic N) is 5. The predicted octanol–water partition coefficient (Wildman–Crippen LogP) is 3.97. The molecule has 0 aliphatic heterocycles. The summed E-state index contributed by atoms with van der Waals surface area (Å²) in [5.41, 5.74) is 3.17. The summed E-state index contributed by atoms with van der Waals surface area (Å²) in [6, 6.07) is 5.68. The van der Waals surface area contributed by atoms with E-state index in [1.807, 2.05) is 25.1 Å². The molecule has 3 aromatic rings. The minimum Gasteiger partial charge on any atom is -0.341 e. The summed E-state index contributed by atoms with van der Waals surface area (Å²) in [6.07, 6.45) is 3.28. The number of anilines is 3. The zero-order chi connectivity index (χ0) is 17.1. The molecule has 1 aromatic carbocycles. The third kappa shape index (κ3) is 3.23. The number of benzene rings is 1. The Morgan fingerprint density at radius 2 is 1.83 bits per heavy atom. The molecule has 124 valence electrons. The lowest BCUT2D eigenvalue weighted by molar-refractivity contribution is 0.825. The van der Waals surface area contributed by atoms with E-state index in [1.165, 1.54) is 0 Å². The molecule has 0 bridgehead atoms. The summed E-state index contributed by atoms with van der Waals surface area (Å²) in [7, 11) is 0. The Hall–Kier alpha value is -2.47. The lowest BCUT2D eigenvalue weighted by Crippen LogP contribution is -2.24. The molecule has 0 aliphatic carbocycles. The molecule has 2 aromatic heterocycles. The van der Waals surface area contributed by atoms with Crippen LogP contribution in [-0.4, -0.2) is 33.0 Å². The second-order valence-corrected chi connectivity index (χ2v) is 5.79. The van der Waals surface area contributed by atoms with Gasteiger partial charge in [0.05, 0.1) is 0 Å². The fourth-order valence-electron chi connectivity index (χ4n) is 2.48. The predicted molar refractivity (Wildman–Crippen MR) is 98.2 cm³/mol. The number of aryl methyl sites for hydroxylation is 1. The standard InChI is InChI=1S/C17H19ClN6/c1-4-24(5-2)17-22-15-14(19-8-9-20-15)16(23-17)21-13-7-6-12(18)10-11(13)3/h6-10H,4-5H2,1-3H3,(H,20,21,22,23). The molecule has 0 spiro atoms. The van der Waals surface area contributed by atoms with Gasteiger partial charge >= 0.3 is 0 Å². The molecule has 0 amide bonds. The van der Waals surface area contributed by atoms with E-state index in [0.29, 0.717) is 28.0 Å². The van der Waals surface area contributed by atoms with Gasteiger partial charge in [0.25, 0.3) is 0 Å². The maximum absolute atomic E-state index is 6.04. The van der Waals surface area contributed by atoms with Gasteiger partial charge in [0.1, 0.15) is 0 Å². The Morgan fingerprint density at radius 3 is 2.54 bits per heavy atom. The van der Waals surface area contributed by atoms with Gasteiger partial charge in [-0.25, -0.2) is 9.97 Å². The van der Waals surface area contributed by atoms with Crippen molar-refractivity contribution in [2.24, 2.45) is 0 Å². The molecule has 0 atom stereocenters. The number of hydrogen-bond acceptors (Lipinski definition) is 6. The van der Waals surface area contributed by atoms with E-state index < -0.39 is 0 Å². The fourth-order valence-corrected chi connectivity index (χ4v) is 2.71. The van der Waals surface area contributed by atoms with Crippen molar-refractivity contribution in [3.05, 3.63) is 41.2 Å². The quantitative estimate of drug-likeness (QED) is 0.756. The average Bonchev–Trinajstić information content (AvgIpc) is 2.58. The van der Waals surface area contributed by atoms with Crippen LogP contribution >= 0.6 is 11.6 Å². The van der Waals surface area contributed by atoms with Gasteiger partial charge < -0.3 is 10.2 Å². The van der Waals surface area contributed by atoms with Crippen molar-refractivity contribution >= 4 is 40.2 Å². The first-order chi connectivity index (χ1) is 11.6. The van der Waals surface area contributed by atoms with Crippen molar-refractivity contribution in [1.29, 1.82) is 0 Å². The summed E-state index contributed by atoms with van der Waals surface area (Å²) in [5, 5.41) is 4.05. The van der Waals surface area contributed by atoms with Gasteiger partial charge in [0.15, 0.2) is 17.0 Å². The molecule has 1 N–H and O–H groups in total. The zero-order valence-corrected chi connectivity index (χ0v) is 14.7. The van der Waals surface area contributed by atoms with Crippen LogP contribution in [0, 0.1) is 6.92 Å². The van der Waals surface area contributed by atoms with Gasteiger partial charge in [0, 0.05) is 36.2 Å². The molecule has 0 saturated heterocycles. The lowest BCUT2D eigenvalue weighted by atomic mass is 10.2. The molecule has 24 heavy (non-hydrogen) atoms. The summed E-state index contributed by atoms with van der Waals surface area (Å²) in [5.74, 6) is 1.28. The summed E-state index contributed by atoms with van der Waals surface area (Å²) in [4.78, 5) is 20.0. The van der Waals surface area contributed by atoms with Gasteiger partial charge in [-0.1, -0.05) is 11.6 Å². The van der Waals surface area contributed by atoms with Crippen LogP contribution in [0.25, 0.3) is 11.2 Å². The van der Waals surface area contributed by atoms with E-state index >= 15 is 0 Å². The number of hydrogen-bond donors (Lipinski definition) is 1. The van der Waals surface area contributed by atoms with Crippen molar-refractivity contribution in [2.75, 3.05) is 23.3 Å². The van der Waals surface area contributed by atoms with Crippen molar-refractivity contribution in [1.82, 2.24) is 19.9 Å². The second kappa shape index (κ2) is 6.97. The summed E-state index contributed by atoms with van der Waals surface area (Å²) >= 11 is 6.04. The van der Waals surface area contributed by atoms with E-state index in [2.05, 4.69) is 44.0 Å². The van der Waals surface area contributed by atoms with Gasteiger partial charge in [0.2, 0.25) is 5.95 Å². The number of halogens is 1. The Bertz CT molecular complexity index is 863. The van der Waals surface area contributed by atoms with E-state index in [9.17, 15) is 0 Å². The Labute approximate surface area is 145 Å². The molecule has 3 rings (SSSR count). The highest BCUT2D eigenvalue weighted by atomic mass is 35.5. The highest BCUT2D eigenvalue weighted by Crippen LogP contribution is 2.27. The Balaban J connectivity index is 2.11. The van der Waals surface area contributed by atoms with Gasteiger partial charge in [-0.15, -0.1) is 0 Å². The van der Waals surface area contributed by atoms with E-state index in [1.54, 1.807) is 12.4 Å². The van der Waals surface area contributed by atoms with Gasteiger partial charge in [-0.3, -0.25) is 0 Å². The van der Waals surface area contributed by atoms with Crippen LogP contribution in [0.4, 0.5) is 17.5 Å². The molecule has 0 unspecified atom stereocenters. The third-order valence-electron chi connectivity index (χ3n) is 3.81. The second-order valence-electron chi connectivity index (χ2n) is 5.36. The van der Waals surface area contributed by atoms with Crippen LogP contribution in [-0.2, 0) is 0 Å². The third-order valence-corrected chi connectivity index (χ3v) is 4.04. The minimum absolute atomic E-state index is 0.573. The first kappa shape index (κ1) is 16.4. The molecular formula is C17H19ClN6. The van der Waals surface area contributed by atoms with E-state index in [-0.39, 0.29) is 0 Å². The van der Waals surface area contributed by atoms with Crippen molar-refractivity contribution < 1.29 is 0 Å². The zero-order valence-electron chi connectivity index (χ0n) is 13.9. The van der Waals surface area contributed by atoms with Crippen LogP contribution in [0.15, 0.2) is 30.6 Å². The van der Waals surface area contributed by atoms with Crippen molar-refractivity contribution in [3.8, 4) is 0 Å². The smallest absolute Gasteiger partial charge is 0.229 e. The van der Waals surface area contributed by atoms with Crippen LogP contribution in [0.3, 0.4) is 0 Å². The van der Waals surface area contributed by atoms with E-state index in [0.717, 1.165) is 24.3 Å². The molecule has 6 nitrogen and oxygen atoms in total. The normalized spacial score (nSPS) is 10.8.